The summed E-state index contributed by atoms with van der Waals surface area (Å²) in [5, 5.41) is 191. The van der Waals surface area contributed by atoms with E-state index in [-0.39, 0.29) is 44.9 Å². The molecule has 0 aromatic heterocycles. The molecule has 77 heavy (non-hydrogen) atoms. The number of allylic oxidation sites excluding steroid dienone is 1. The molecule has 0 aromatic carbocycles. The number of esters is 1. The Morgan fingerprint density at radius 1 is 0.442 bits per heavy atom. The summed E-state index contributed by atoms with van der Waals surface area (Å²) in [6.07, 6.45) is -40.0. The first-order valence-corrected chi connectivity index (χ1v) is 26.4. The topological polar surface area (TPSA) is 474 Å². The van der Waals surface area contributed by atoms with Gasteiger partial charge in [0.1, 0.15) is 104 Å². The summed E-state index contributed by atoms with van der Waals surface area (Å²) in [5.41, 5.74) is 0. The van der Waals surface area contributed by atoms with Gasteiger partial charge < -0.3 is 139 Å². The highest BCUT2D eigenvalue weighted by molar-refractivity contribution is 5.81. The molecule has 0 bridgehead atoms. The third-order valence-corrected chi connectivity index (χ3v) is 16.6. The average Bonchev–Trinajstić information content (AvgIpc) is 3.41. The van der Waals surface area contributed by atoms with E-state index in [1.165, 1.54) is 6.08 Å². The summed E-state index contributed by atoms with van der Waals surface area (Å²) in [7, 11) is 0. The second kappa shape index (κ2) is 26.6. The molecule has 32 unspecified atom stereocenters. The van der Waals surface area contributed by atoms with Crippen LogP contribution in [0.25, 0.3) is 0 Å². The molecule has 0 radical (unpaired) electrons. The molecule has 29 nitrogen and oxygen atoms in total. The lowest BCUT2D eigenvalue weighted by Crippen LogP contribution is -2.66. The van der Waals surface area contributed by atoms with Crippen LogP contribution in [0.3, 0.4) is 0 Å². The summed E-state index contributed by atoms with van der Waals surface area (Å²) >= 11 is 0. The van der Waals surface area contributed by atoms with Crippen molar-refractivity contribution >= 4 is 5.97 Å². The van der Waals surface area contributed by atoms with Gasteiger partial charge in [0, 0.05) is 18.4 Å². The highest BCUT2D eigenvalue weighted by Gasteiger charge is 2.56. The van der Waals surface area contributed by atoms with Crippen LogP contribution < -0.4 is 0 Å². The molecule has 29 heteroatoms. The number of rotatable bonds is 16. The second-order valence-corrected chi connectivity index (χ2v) is 21.7. The molecule has 32 atom stereocenters. The van der Waals surface area contributed by atoms with Gasteiger partial charge in [0.25, 0.3) is 0 Å². The van der Waals surface area contributed by atoms with E-state index in [2.05, 4.69) is 0 Å². The van der Waals surface area contributed by atoms with Crippen molar-refractivity contribution in [3.63, 3.8) is 0 Å². The van der Waals surface area contributed by atoms with Crippen LogP contribution in [-0.2, 0) is 52.2 Å². The quantitative estimate of drug-likeness (QED) is 0.0504. The van der Waals surface area contributed by atoms with Gasteiger partial charge in [0.05, 0.1) is 74.8 Å². The minimum atomic E-state index is -2.03. The smallest absolute Gasteiger partial charge is 0.330 e. The number of aliphatic hydroxyl groups is 18. The summed E-state index contributed by atoms with van der Waals surface area (Å²) < 4.78 is 59.7. The van der Waals surface area contributed by atoms with E-state index < -0.39 is 228 Å². The SMILES string of the molecule is O=C(C=CC1CCC(OC2OC(CO)C(O)C(O)C2O)C(O)C1)OCC1OC(OC2CC3C(OC4OC(CO)C(O)C(O)C4O)CC(O)CC3OC2C2CCC(O)C(O)C2)C(OC2OC(CO)C(O)C(O)C2O)C(O)C1O. The van der Waals surface area contributed by atoms with Crippen molar-refractivity contribution < 1.29 is 144 Å². The number of aliphatic hydroxyl groups excluding tert-OH is 18. The number of hydrogen-bond acceptors (Lipinski definition) is 29. The molecule has 8 rings (SSSR count). The van der Waals surface area contributed by atoms with Crippen molar-refractivity contribution in [2.75, 3.05) is 26.4 Å². The zero-order valence-corrected chi connectivity index (χ0v) is 41.9. The van der Waals surface area contributed by atoms with E-state index in [4.69, 9.17) is 47.4 Å². The maximum atomic E-state index is 13.2. The van der Waals surface area contributed by atoms with Gasteiger partial charge in [-0.3, -0.25) is 0 Å². The Kier molecular flexibility index (Phi) is 21.1. The first kappa shape index (κ1) is 61.2. The Labute approximate surface area is 441 Å². The molecule has 5 aliphatic heterocycles. The average molecular weight is 1120 g/mol. The second-order valence-electron chi connectivity index (χ2n) is 21.7. The summed E-state index contributed by atoms with van der Waals surface area (Å²) in [6, 6.07) is 0. The summed E-state index contributed by atoms with van der Waals surface area (Å²) in [6.45, 7) is -3.01. The maximum Gasteiger partial charge on any atom is 0.330 e. The third kappa shape index (κ3) is 13.6. The van der Waals surface area contributed by atoms with Gasteiger partial charge in [-0.2, -0.15) is 0 Å². The van der Waals surface area contributed by atoms with Gasteiger partial charge in [0.2, 0.25) is 0 Å². The molecule has 0 aromatic rings. The molecule has 8 fully saturated rings. The molecule has 0 spiro atoms. The maximum absolute atomic E-state index is 13.2. The third-order valence-electron chi connectivity index (χ3n) is 16.6. The van der Waals surface area contributed by atoms with E-state index in [1.807, 2.05) is 0 Å². The first-order valence-electron chi connectivity index (χ1n) is 26.4. The molecule has 0 amide bonds. The van der Waals surface area contributed by atoms with E-state index in [9.17, 15) is 96.7 Å². The van der Waals surface area contributed by atoms with Crippen LogP contribution in [-0.4, -0.2) is 302 Å². The van der Waals surface area contributed by atoms with Gasteiger partial charge in [-0.1, -0.05) is 6.08 Å². The molecular weight excluding hydrogens is 1040 g/mol. The lowest BCUT2D eigenvalue weighted by atomic mass is 9.72. The van der Waals surface area contributed by atoms with Gasteiger partial charge >= 0.3 is 5.97 Å². The highest BCUT2D eigenvalue weighted by Crippen LogP contribution is 2.45. The molecule has 3 aliphatic carbocycles. The van der Waals surface area contributed by atoms with Crippen molar-refractivity contribution in [2.24, 2.45) is 17.8 Å². The standard InChI is InChI=1S/C48H78O29/c49-12-27-32(57)36(61)40(65)45(73-27)70-23-5-1-16(7-22(23)55)2-6-31(56)68-15-30-35(60)39(64)44(77-47-42(67)38(63)34(59)29(14-51)75-47)48(76-30)72-26-11-19-24(69-43(26)17-3-4-20(53)21(54)8-17)9-18(52)10-25(19)71-46-41(66)37(62)33(58)28(13-50)74-46/h2,6,16-30,32-55,57-67H,1,3-5,7-15H2. The van der Waals surface area contributed by atoms with E-state index in [0.717, 1.165) is 6.08 Å². The van der Waals surface area contributed by atoms with E-state index in [0.29, 0.717) is 12.8 Å². The van der Waals surface area contributed by atoms with Crippen LogP contribution in [0.5, 0.6) is 0 Å². The Balaban J connectivity index is 0.991. The fraction of sp³-hybridized carbons (Fsp3) is 0.938. The van der Waals surface area contributed by atoms with E-state index >= 15 is 0 Å². The molecule has 444 valence electrons. The van der Waals surface area contributed by atoms with Gasteiger partial charge in [-0.15, -0.1) is 0 Å². The number of carbonyl (C=O) groups excluding carboxylic acids is 1. The van der Waals surface area contributed by atoms with Crippen molar-refractivity contribution in [3.05, 3.63) is 12.2 Å². The molecule has 5 heterocycles. The molecule has 18 N–H and O–H groups in total. The lowest BCUT2D eigenvalue weighted by molar-refractivity contribution is -0.380. The van der Waals surface area contributed by atoms with Crippen LogP contribution in [0.2, 0.25) is 0 Å². The number of fused-ring (bicyclic) bond motifs is 1. The van der Waals surface area contributed by atoms with Crippen LogP contribution in [0.1, 0.15) is 57.8 Å². The molecular formula is C48H78O29. The first-order chi connectivity index (χ1) is 36.6. The largest absolute Gasteiger partial charge is 0.460 e. The lowest BCUT2D eigenvalue weighted by Gasteiger charge is -2.53. The predicted octanol–water partition coefficient (Wildman–Crippen LogP) is -8.92. The Morgan fingerprint density at radius 3 is 1.51 bits per heavy atom. The minimum absolute atomic E-state index is 0.0104. The van der Waals surface area contributed by atoms with E-state index in [1.54, 1.807) is 0 Å². The summed E-state index contributed by atoms with van der Waals surface area (Å²) in [4.78, 5) is 13.2. The molecule has 5 saturated heterocycles. The summed E-state index contributed by atoms with van der Waals surface area (Å²) in [5.74, 6) is -2.62. The van der Waals surface area contributed by atoms with Crippen LogP contribution in [0.15, 0.2) is 12.2 Å². The zero-order chi connectivity index (χ0) is 55.7. The normalized spacial score (nSPS) is 52.0. The van der Waals surface area contributed by atoms with Gasteiger partial charge in [-0.05, 0) is 63.2 Å². The van der Waals surface area contributed by atoms with Crippen molar-refractivity contribution in [1.82, 2.24) is 0 Å². The Bertz CT molecular complexity index is 1890. The Morgan fingerprint density at radius 2 is 0.961 bits per heavy atom. The monoisotopic (exact) mass is 1120 g/mol. The van der Waals surface area contributed by atoms with Gasteiger partial charge in [0.15, 0.2) is 25.2 Å². The van der Waals surface area contributed by atoms with Crippen molar-refractivity contribution in [2.45, 2.75) is 236 Å². The van der Waals surface area contributed by atoms with Gasteiger partial charge in [-0.25, -0.2) is 4.79 Å². The number of hydrogen-bond donors (Lipinski definition) is 18. The molecule has 3 saturated carbocycles. The number of carbonyl (C=O) groups is 1. The zero-order valence-electron chi connectivity index (χ0n) is 41.9. The fourth-order valence-corrected chi connectivity index (χ4v) is 12.0. The van der Waals surface area contributed by atoms with Crippen LogP contribution >= 0.6 is 0 Å². The van der Waals surface area contributed by atoms with Crippen LogP contribution in [0, 0.1) is 17.8 Å². The van der Waals surface area contributed by atoms with Crippen molar-refractivity contribution in [3.8, 4) is 0 Å². The predicted molar refractivity (Wildman–Crippen MR) is 246 cm³/mol. The molecule has 8 aliphatic rings. The minimum Gasteiger partial charge on any atom is -0.460 e. The fourth-order valence-electron chi connectivity index (χ4n) is 12.0. The van der Waals surface area contributed by atoms with Crippen molar-refractivity contribution in [1.29, 1.82) is 0 Å². The van der Waals surface area contributed by atoms with Crippen LogP contribution in [0.4, 0.5) is 0 Å². The Hall–Kier alpha value is -1.87. The number of ether oxygens (including phenoxy) is 10. The highest BCUT2D eigenvalue weighted by atomic mass is 16.8.